The van der Waals surface area contributed by atoms with E-state index in [0.29, 0.717) is 10.9 Å². The summed E-state index contributed by atoms with van der Waals surface area (Å²) in [6.45, 7) is 4.48. The third kappa shape index (κ3) is 6.80. The van der Waals surface area contributed by atoms with Crippen molar-refractivity contribution in [1.82, 2.24) is 0 Å². The van der Waals surface area contributed by atoms with Gasteiger partial charge in [0.25, 0.3) is 0 Å². The van der Waals surface area contributed by atoms with Gasteiger partial charge >= 0.3 is 0 Å². The van der Waals surface area contributed by atoms with Crippen molar-refractivity contribution in [2.75, 3.05) is 12.5 Å². The molecule has 0 amide bonds. The maximum atomic E-state index is 9.49. The lowest BCUT2D eigenvalue weighted by Crippen LogP contribution is -2.22. The average Bonchev–Trinajstić information content (AvgIpc) is 2.20. The molecule has 0 aromatic heterocycles. The molecule has 0 spiro atoms. The summed E-state index contributed by atoms with van der Waals surface area (Å²) in [4.78, 5) is 10.9. The van der Waals surface area contributed by atoms with Crippen LogP contribution in [-0.2, 0) is 15.7 Å². The molecule has 0 heterocycles. The molecule has 0 aliphatic rings. The van der Waals surface area contributed by atoms with Crippen molar-refractivity contribution < 1.29 is 9.90 Å². The number of hydrogen-bond acceptors (Lipinski definition) is 2. The van der Waals surface area contributed by atoms with Gasteiger partial charge in [-0.2, -0.15) is 0 Å². The lowest BCUT2D eigenvalue weighted by Gasteiger charge is -1.93. The van der Waals surface area contributed by atoms with Gasteiger partial charge in [0.15, 0.2) is 4.90 Å². The molecule has 0 unspecified atom stereocenters. The van der Waals surface area contributed by atoms with Crippen molar-refractivity contribution in [2.24, 2.45) is 0 Å². The summed E-state index contributed by atoms with van der Waals surface area (Å²) in [5.74, 6) is -1.19. The number of carboxylic acid groups (broad SMARTS) is 1. The van der Waals surface area contributed by atoms with Gasteiger partial charge in [-0.3, -0.25) is 0 Å². The second kappa shape index (κ2) is 7.12. The van der Waals surface area contributed by atoms with E-state index in [1.807, 2.05) is 0 Å². The van der Waals surface area contributed by atoms with Crippen LogP contribution in [0.25, 0.3) is 0 Å². The number of carbonyl (C=O) groups is 1. The van der Waals surface area contributed by atoms with Crippen LogP contribution in [-0.4, -0.2) is 18.5 Å². The molecule has 0 saturated carbocycles. The summed E-state index contributed by atoms with van der Waals surface area (Å²) in [5.41, 5.74) is 0.0648. The van der Waals surface area contributed by atoms with Gasteiger partial charge in [-0.15, -0.1) is 0 Å². The minimum Gasteiger partial charge on any atom is -0.545 e. The van der Waals surface area contributed by atoms with Gasteiger partial charge in [0.1, 0.15) is 12.5 Å². The lowest BCUT2D eigenvalue weighted by molar-refractivity contribution is -0.299. The summed E-state index contributed by atoms with van der Waals surface area (Å²) < 4.78 is 0. The van der Waals surface area contributed by atoms with Crippen molar-refractivity contribution in [2.45, 2.75) is 11.8 Å². The van der Waals surface area contributed by atoms with E-state index in [1.54, 1.807) is 0 Å². The van der Waals surface area contributed by atoms with E-state index < -0.39 is 5.97 Å². The summed E-state index contributed by atoms with van der Waals surface area (Å²) in [6.07, 6.45) is 4.46. The Morgan fingerprint density at radius 1 is 1.27 bits per heavy atom. The third-order valence-electron chi connectivity index (χ3n) is 1.56. The van der Waals surface area contributed by atoms with E-state index in [9.17, 15) is 9.90 Å². The topological polar surface area (TPSA) is 40.1 Å². The molecule has 0 atom stereocenters. The average molecular weight is 224 g/mol. The zero-order chi connectivity index (χ0) is 11.8. The van der Waals surface area contributed by atoms with Crippen LogP contribution in [0.15, 0.2) is 47.4 Å². The summed E-state index contributed by atoms with van der Waals surface area (Å²) in [6, 6.07) is 10.6. The SMILES string of the molecule is C=C(C)C(=O)[O-].C[S+](C)c1ccccc1. The van der Waals surface area contributed by atoms with E-state index in [4.69, 9.17) is 0 Å². The predicted molar refractivity (Wildman–Crippen MR) is 63.7 cm³/mol. The van der Waals surface area contributed by atoms with Crippen molar-refractivity contribution in [3.05, 3.63) is 42.5 Å². The van der Waals surface area contributed by atoms with Crippen LogP contribution in [0.5, 0.6) is 0 Å². The maximum absolute atomic E-state index is 9.49. The molecule has 0 saturated heterocycles. The number of aliphatic carboxylic acids is 1. The van der Waals surface area contributed by atoms with Gasteiger partial charge < -0.3 is 9.90 Å². The predicted octanol–water partition coefficient (Wildman–Crippen LogP) is 1.24. The fourth-order valence-corrected chi connectivity index (χ4v) is 1.39. The Morgan fingerprint density at radius 2 is 1.67 bits per heavy atom. The molecule has 0 bridgehead atoms. The Morgan fingerprint density at radius 3 is 1.87 bits per heavy atom. The Labute approximate surface area is 94.0 Å². The second-order valence-electron chi connectivity index (χ2n) is 3.20. The molecule has 82 valence electrons. The Hall–Kier alpha value is -1.22. The van der Waals surface area contributed by atoms with Crippen LogP contribution in [0.1, 0.15) is 6.92 Å². The first kappa shape index (κ1) is 13.8. The fourth-order valence-electron chi connectivity index (χ4n) is 0.693. The highest BCUT2D eigenvalue weighted by Gasteiger charge is 2.03. The first-order valence-electron chi connectivity index (χ1n) is 4.44. The van der Waals surface area contributed by atoms with Crippen LogP contribution in [0.4, 0.5) is 0 Å². The third-order valence-corrected chi connectivity index (χ3v) is 2.78. The fraction of sp³-hybridized carbons (Fsp3) is 0.250. The number of rotatable bonds is 2. The highest BCUT2D eigenvalue weighted by Crippen LogP contribution is 2.05. The molecule has 0 aliphatic carbocycles. The highest BCUT2D eigenvalue weighted by atomic mass is 32.2. The van der Waals surface area contributed by atoms with Crippen LogP contribution >= 0.6 is 0 Å². The van der Waals surface area contributed by atoms with E-state index in [2.05, 4.69) is 49.4 Å². The van der Waals surface area contributed by atoms with Crippen LogP contribution in [0.2, 0.25) is 0 Å². The molecular weight excluding hydrogens is 208 g/mol. The monoisotopic (exact) mass is 224 g/mol. The Balaban J connectivity index is 0.000000288. The molecular formula is C12H16O2S. The molecule has 2 nitrogen and oxygen atoms in total. The van der Waals surface area contributed by atoms with Crippen molar-refractivity contribution in [3.8, 4) is 0 Å². The van der Waals surface area contributed by atoms with E-state index >= 15 is 0 Å². The summed E-state index contributed by atoms with van der Waals surface area (Å²) >= 11 is 0. The molecule has 0 fully saturated rings. The smallest absolute Gasteiger partial charge is 0.154 e. The van der Waals surface area contributed by atoms with Gasteiger partial charge in [-0.25, -0.2) is 0 Å². The van der Waals surface area contributed by atoms with Crippen LogP contribution in [0.3, 0.4) is 0 Å². The molecule has 0 N–H and O–H groups in total. The first-order chi connectivity index (χ1) is 6.95. The number of hydrogen-bond donors (Lipinski definition) is 0. The molecule has 1 aromatic rings. The van der Waals surface area contributed by atoms with Gasteiger partial charge in [0, 0.05) is 10.9 Å². The lowest BCUT2D eigenvalue weighted by atomic mass is 10.4. The molecule has 0 radical (unpaired) electrons. The molecule has 0 aliphatic heterocycles. The first-order valence-corrected chi connectivity index (χ1v) is 6.48. The minimum atomic E-state index is -1.19. The highest BCUT2D eigenvalue weighted by molar-refractivity contribution is 7.95. The molecule has 15 heavy (non-hydrogen) atoms. The van der Waals surface area contributed by atoms with Crippen molar-refractivity contribution in [1.29, 1.82) is 0 Å². The minimum absolute atomic E-state index is 0.0648. The van der Waals surface area contributed by atoms with Crippen molar-refractivity contribution in [3.63, 3.8) is 0 Å². The number of benzene rings is 1. The normalized spacial score (nSPS) is 9.07. The van der Waals surface area contributed by atoms with E-state index in [-0.39, 0.29) is 5.57 Å². The van der Waals surface area contributed by atoms with Gasteiger partial charge in [-0.1, -0.05) is 24.8 Å². The Bertz CT molecular complexity index is 306. The van der Waals surface area contributed by atoms with Crippen LogP contribution < -0.4 is 5.11 Å². The standard InChI is InChI=1S/C8H11S.C4H6O2/c1-9(2)8-6-4-3-5-7-8;1-3(2)4(5)6/h3-7H,1-2H3;1H2,2H3,(H,5,6)/q+1;/p-1. The zero-order valence-corrected chi connectivity index (χ0v) is 10.1. The largest absolute Gasteiger partial charge is 0.545 e. The molecule has 1 rings (SSSR count). The van der Waals surface area contributed by atoms with Crippen molar-refractivity contribution >= 4 is 16.9 Å². The van der Waals surface area contributed by atoms with Gasteiger partial charge in [-0.05, 0) is 24.6 Å². The molecule has 1 aromatic carbocycles. The summed E-state index contributed by atoms with van der Waals surface area (Å²) in [7, 11) is 0.421. The van der Waals surface area contributed by atoms with Gasteiger partial charge in [0.05, 0.1) is 5.97 Å². The maximum Gasteiger partial charge on any atom is 0.154 e. The van der Waals surface area contributed by atoms with Gasteiger partial charge in [0.2, 0.25) is 0 Å². The number of carboxylic acids is 1. The second-order valence-corrected chi connectivity index (χ2v) is 5.30. The van der Waals surface area contributed by atoms with E-state index in [0.717, 1.165) is 0 Å². The Kier molecular flexibility index (Phi) is 6.54. The van der Waals surface area contributed by atoms with E-state index in [1.165, 1.54) is 11.8 Å². The summed E-state index contributed by atoms with van der Waals surface area (Å²) in [5, 5.41) is 9.49. The number of carbonyl (C=O) groups excluding carboxylic acids is 1. The van der Waals surface area contributed by atoms with Crippen LogP contribution in [0, 0.1) is 0 Å². The molecule has 3 heteroatoms. The quantitative estimate of drug-likeness (QED) is 0.560. The zero-order valence-electron chi connectivity index (χ0n) is 9.32.